The van der Waals surface area contributed by atoms with Gasteiger partial charge in [-0.15, -0.1) is 0 Å². The van der Waals surface area contributed by atoms with Crippen molar-refractivity contribution in [3.05, 3.63) is 0 Å². The van der Waals surface area contributed by atoms with Gasteiger partial charge in [0.05, 0.1) is 13.5 Å². The fraction of sp³-hybridized carbons (Fsp3) is 0.600. The first kappa shape index (κ1) is 13.1. The van der Waals surface area contributed by atoms with E-state index in [1.807, 2.05) is 0 Å². The Morgan fingerprint density at radius 2 is 2.00 bits per heavy atom. The van der Waals surface area contributed by atoms with Crippen LogP contribution in [-0.4, -0.2) is 47.9 Å². The first-order valence-corrected chi connectivity index (χ1v) is 4.99. The van der Waals surface area contributed by atoms with Crippen LogP contribution in [-0.2, 0) is 28.7 Å². The fourth-order valence-electron chi connectivity index (χ4n) is 1.60. The van der Waals surface area contributed by atoms with E-state index in [2.05, 4.69) is 9.47 Å². The third-order valence-electron chi connectivity index (χ3n) is 2.38. The van der Waals surface area contributed by atoms with Gasteiger partial charge < -0.3 is 9.47 Å². The van der Waals surface area contributed by atoms with Crippen LogP contribution in [0.5, 0.6) is 0 Å². The van der Waals surface area contributed by atoms with Crippen LogP contribution in [0.2, 0.25) is 0 Å². The van der Waals surface area contributed by atoms with Gasteiger partial charge in [-0.25, -0.2) is 4.79 Å². The molecule has 2 atom stereocenters. The second-order valence-corrected chi connectivity index (χ2v) is 3.60. The molecule has 0 aromatic heterocycles. The average molecular weight is 243 g/mol. The lowest BCUT2D eigenvalue weighted by atomic mass is 10.3. The van der Waals surface area contributed by atoms with Crippen LogP contribution in [0.25, 0.3) is 0 Å². The fourth-order valence-corrected chi connectivity index (χ4v) is 1.60. The minimum atomic E-state index is -1.13. The quantitative estimate of drug-likeness (QED) is 0.478. The molecule has 1 aliphatic rings. The number of methoxy groups -OCH3 is 1. The van der Waals surface area contributed by atoms with Crippen LogP contribution in [0.3, 0.4) is 0 Å². The molecule has 0 aromatic rings. The van der Waals surface area contributed by atoms with Gasteiger partial charge in [-0.05, 0) is 6.92 Å². The Bertz CT molecular complexity index is 377. The van der Waals surface area contributed by atoms with Crippen molar-refractivity contribution >= 4 is 23.8 Å². The molecule has 0 saturated carbocycles. The van der Waals surface area contributed by atoms with Gasteiger partial charge in [-0.3, -0.25) is 19.3 Å². The molecular formula is C10H13NO6. The van der Waals surface area contributed by atoms with E-state index < -0.39 is 35.9 Å². The predicted molar refractivity (Wildman–Crippen MR) is 53.5 cm³/mol. The number of hydrogen-bond donors (Lipinski definition) is 0. The summed E-state index contributed by atoms with van der Waals surface area (Å²) in [6.45, 7) is 2.52. The zero-order valence-corrected chi connectivity index (χ0v) is 9.76. The van der Waals surface area contributed by atoms with E-state index in [1.54, 1.807) is 0 Å². The Morgan fingerprint density at radius 1 is 1.41 bits per heavy atom. The number of ether oxygens (including phenoxy) is 2. The van der Waals surface area contributed by atoms with Gasteiger partial charge in [0.15, 0.2) is 6.10 Å². The lowest BCUT2D eigenvalue weighted by Crippen LogP contribution is -2.44. The summed E-state index contributed by atoms with van der Waals surface area (Å²) in [4.78, 5) is 46.0. The molecule has 2 amide bonds. The molecule has 7 heteroatoms. The van der Waals surface area contributed by atoms with Crippen molar-refractivity contribution in [3.8, 4) is 0 Å². The van der Waals surface area contributed by atoms with E-state index in [9.17, 15) is 19.2 Å². The van der Waals surface area contributed by atoms with E-state index in [0.717, 1.165) is 18.9 Å². The van der Waals surface area contributed by atoms with Crippen molar-refractivity contribution in [2.75, 3.05) is 7.11 Å². The summed E-state index contributed by atoms with van der Waals surface area (Å²) in [7, 11) is 1.16. The molecule has 1 saturated heterocycles. The summed E-state index contributed by atoms with van der Waals surface area (Å²) in [5.41, 5.74) is 0. The smallest absolute Gasteiger partial charge is 0.328 e. The normalized spacial score (nSPS) is 21.4. The van der Waals surface area contributed by atoms with Crippen molar-refractivity contribution < 1.29 is 28.7 Å². The van der Waals surface area contributed by atoms with Crippen molar-refractivity contribution in [3.63, 3.8) is 0 Å². The lowest BCUT2D eigenvalue weighted by Gasteiger charge is -2.20. The molecule has 0 aromatic carbocycles. The van der Waals surface area contributed by atoms with Gasteiger partial charge in [-0.1, -0.05) is 0 Å². The summed E-state index contributed by atoms with van der Waals surface area (Å²) in [5.74, 6) is -2.60. The third-order valence-corrected chi connectivity index (χ3v) is 2.38. The van der Waals surface area contributed by atoms with E-state index in [-0.39, 0.29) is 6.42 Å². The summed E-state index contributed by atoms with van der Waals surface area (Å²) in [6, 6.07) is -1.01. The molecule has 0 N–H and O–H groups in total. The van der Waals surface area contributed by atoms with Gasteiger partial charge in [0.1, 0.15) is 6.04 Å². The van der Waals surface area contributed by atoms with E-state index in [1.165, 1.54) is 6.92 Å². The largest absolute Gasteiger partial charge is 0.467 e. The Hall–Kier alpha value is -1.92. The number of carbonyl (C=O) groups is 4. The van der Waals surface area contributed by atoms with E-state index >= 15 is 0 Å². The minimum absolute atomic E-state index is 0.236. The third kappa shape index (κ3) is 2.61. The molecule has 1 unspecified atom stereocenters. The standard InChI is InChI=1S/C10H13NO6/c1-5(10(15)16-3)11-8(13)4-7(9(11)14)17-6(2)12/h5,7H,4H2,1-3H3/t5-,7?/m1/s1. The average Bonchev–Trinajstić information content (AvgIpc) is 2.51. The Balaban J connectivity index is 2.82. The first-order chi connectivity index (χ1) is 7.88. The highest BCUT2D eigenvalue weighted by molar-refractivity contribution is 6.08. The molecule has 1 rings (SSSR count). The Labute approximate surface area is 97.7 Å². The maximum atomic E-state index is 11.7. The van der Waals surface area contributed by atoms with E-state index in [0.29, 0.717) is 0 Å². The molecule has 7 nitrogen and oxygen atoms in total. The summed E-state index contributed by atoms with van der Waals surface area (Å²) in [6.07, 6.45) is -1.37. The van der Waals surface area contributed by atoms with E-state index in [4.69, 9.17) is 0 Å². The summed E-state index contributed by atoms with van der Waals surface area (Å²) >= 11 is 0. The molecule has 17 heavy (non-hydrogen) atoms. The van der Waals surface area contributed by atoms with Crippen molar-refractivity contribution in [1.82, 2.24) is 4.90 Å². The molecule has 94 valence electrons. The van der Waals surface area contributed by atoms with Crippen molar-refractivity contribution in [1.29, 1.82) is 0 Å². The molecule has 0 radical (unpaired) electrons. The zero-order valence-electron chi connectivity index (χ0n) is 9.76. The predicted octanol–water partition coefficient (Wildman–Crippen LogP) is -0.762. The van der Waals surface area contributed by atoms with Crippen LogP contribution in [0.15, 0.2) is 0 Å². The Kier molecular flexibility index (Phi) is 3.82. The number of likely N-dealkylation sites (tertiary alicyclic amines) is 1. The SMILES string of the molecule is COC(=O)[C@@H](C)N1C(=O)CC(OC(C)=O)C1=O. The van der Waals surface area contributed by atoms with Gasteiger partial charge in [-0.2, -0.15) is 0 Å². The Morgan fingerprint density at radius 3 is 2.47 bits per heavy atom. The summed E-state index contributed by atoms with van der Waals surface area (Å²) in [5, 5.41) is 0. The van der Waals surface area contributed by atoms with Gasteiger partial charge in [0.2, 0.25) is 5.91 Å². The minimum Gasteiger partial charge on any atom is -0.467 e. The van der Waals surface area contributed by atoms with Crippen LogP contribution in [0, 0.1) is 0 Å². The molecule has 1 aliphatic heterocycles. The maximum Gasteiger partial charge on any atom is 0.328 e. The zero-order chi connectivity index (χ0) is 13.2. The number of nitrogens with zero attached hydrogens (tertiary/aromatic N) is 1. The number of hydrogen-bond acceptors (Lipinski definition) is 6. The number of imide groups is 1. The highest BCUT2D eigenvalue weighted by atomic mass is 16.5. The summed E-state index contributed by atoms with van der Waals surface area (Å²) < 4.78 is 9.13. The van der Waals surface area contributed by atoms with Gasteiger partial charge in [0.25, 0.3) is 5.91 Å². The topological polar surface area (TPSA) is 90.0 Å². The lowest BCUT2D eigenvalue weighted by molar-refractivity contribution is -0.159. The maximum absolute atomic E-state index is 11.7. The number of carbonyl (C=O) groups excluding carboxylic acids is 4. The highest BCUT2D eigenvalue weighted by Crippen LogP contribution is 2.19. The number of amides is 2. The monoisotopic (exact) mass is 243 g/mol. The molecule has 0 bridgehead atoms. The second kappa shape index (κ2) is 4.94. The van der Waals surface area contributed by atoms with Gasteiger partial charge >= 0.3 is 11.9 Å². The molecule has 1 fully saturated rings. The molecule has 1 heterocycles. The first-order valence-electron chi connectivity index (χ1n) is 4.99. The van der Waals surface area contributed by atoms with Crippen LogP contribution in [0.1, 0.15) is 20.3 Å². The van der Waals surface area contributed by atoms with Gasteiger partial charge in [0, 0.05) is 6.92 Å². The highest BCUT2D eigenvalue weighted by Gasteiger charge is 2.45. The molecular weight excluding hydrogens is 230 g/mol. The van der Waals surface area contributed by atoms with Crippen LogP contribution in [0.4, 0.5) is 0 Å². The number of esters is 2. The molecule has 0 spiro atoms. The molecule has 0 aliphatic carbocycles. The second-order valence-electron chi connectivity index (χ2n) is 3.60. The van der Waals surface area contributed by atoms with Crippen molar-refractivity contribution in [2.45, 2.75) is 32.4 Å². The van der Waals surface area contributed by atoms with Crippen LogP contribution < -0.4 is 0 Å². The van der Waals surface area contributed by atoms with Crippen LogP contribution >= 0.6 is 0 Å². The number of rotatable bonds is 3. The van der Waals surface area contributed by atoms with Crippen molar-refractivity contribution in [2.24, 2.45) is 0 Å².